The van der Waals surface area contributed by atoms with Crippen molar-refractivity contribution in [3.05, 3.63) is 35.9 Å². The van der Waals surface area contributed by atoms with Gasteiger partial charge in [0.1, 0.15) is 6.54 Å². The van der Waals surface area contributed by atoms with E-state index in [0.29, 0.717) is 0 Å². The summed E-state index contributed by atoms with van der Waals surface area (Å²) in [4.78, 5) is 0. The van der Waals surface area contributed by atoms with E-state index in [1.807, 2.05) is 13.8 Å². The summed E-state index contributed by atoms with van der Waals surface area (Å²) in [6, 6.07) is 10.6. The number of quaternary nitrogens is 1. The first-order chi connectivity index (χ1) is 11.8. The summed E-state index contributed by atoms with van der Waals surface area (Å²) >= 11 is 0. The highest BCUT2D eigenvalue weighted by Crippen LogP contribution is 2.52. The Bertz CT molecular complexity index is 492. The van der Waals surface area contributed by atoms with Crippen molar-refractivity contribution in [2.45, 2.75) is 44.5 Å². The molecule has 0 radical (unpaired) electrons. The van der Waals surface area contributed by atoms with E-state index in [0.717, 1.165) is 11.0 Å². The van der Waals surface area contributed by atoms with Crippen LogP contribution in [0.4, 0.5) is 39.5 Å². The summed E-state index contributed by atoms with van der Waals surface area (Å²) < 4.78 is 104. The molecule has 0 fully saturated rings. The minimum atomic E-state index is -7.08. The number of benzene rings is 1. The Hall–Kier alpha value is -1.49. The number of alkyl halides is 9. The molecule has 1 aromatic carbocycles. The molecule has 0 aliphatic heterocycles. The molecular formula is C16H22F9NO. The minimum Gasteiger partial charge on any atom is -0.795 e. The first kappa shape index (κ1) is 27.7. The van der Waals surface area contributed by atoms with Gasteiger partial charge in [-0.3, -0.25) is 0 Å². The molecule has 0 N–H and O–H groups in total. The topological polar surface area (TPSA) is 23.1 Å². The van der Waals surface area contributed by atoms with E-state index < -0.39 is 24.1 Å². The Labute approximate surface area is 151 Å². The molecule has 1 rings (SSSR count). The van der Waals surface area contributed by atoms with E-state index in [2.05, 4.69) is 51.5 Å². The fraction of sp³-hybridized carbons (Fsp3) is 0.625. The Kier molecular flexibility index (Phi) is 9.89. The van der Waals surface area contributed by atoms with Gasteiger partial charge in [0.15, 0.2) is 0 Å². The maximum absolute atomic E-state index is 12.0. The fourth-order valence-electron chi connectivity index (χ4n) is 1.62. The van der Waals surface area contributed by atoms with Gasteiger partial charge in [0.25, 0.3) is 0 Å². The second-order valence-electron chi connectivity index (χ2n) is 6.10. The van der Waals surface area contributed by atoms with Crippen LogP contribution in [0.1, 0.15) is 19.4 Å². The molecule has 0 aliphatic rings. The molecule has 27 heavy (non-hydrogen) atoms. The fourth-order valence-corrected chi connectivity index (χ4v) is 1.62. The smallest absolute Gasteiger partial charge is 0.436 e. The van der Waals surface area contributed by atoms with Crippen LogP contribution in [0.25, 0.3) is 0 Å². The SMILES string of the molecule is CC.C[N+](C)(C)Cc1ccccc1.[O-]C(F)(F)C(F)(C(F)(F)F)C(F)(F)F. The summed E-state index contributed by atoms with van der Waals surface area (Å²) in [6.07, 6.45) is -20.9. The standard InChI is InChI=1S/C10H16N.C4F9O.C2H6/c1-11(2,3)9-10-7-5-4-6-8-10;5-1(2(6,7)8,3(9,10)11)4(12,13)14;1-2/h4-8H,9H2,1-3H3;;1-2H3/q+1;-1;. The van der Waals surface area contributed by atoms with Gasteiger partial charge in [0.05, 0.1) is 21.1 Å². The third-order valence-electron chi connectivity index (χ3n) is 2.68. The zero-order valence-corrected chi connectivity index (χ0v) is 15.4. The molecule has 160 valence electrons. The average Bonchev–Trinajstić information content (AvgIpc) is 2.45. The Morgan fingerprint density at radius 2 is 1.07 bits per heavy atom. The zero-order chi connectivity index (χ0) is 22.3. The monoisotopic (exact) mass is 415 g/mol. The van der Waals surface area contributed by atoms with Gasteiger partial charge < -0.3 is 9.59 Å². The highest BCUT2D eigenvalue weighted by atomic mass is 19.4. The van der Waals surface area contributed by atoms with Crippen LogP contribution < -0.4 is 5.11 Å². The normalized spacial score (nSPS) is 13.1. The van der Waals surface area contributed by atoms with Gasteiger partial charge in [-0.2, -0.15) is 26.3 Å². The Balaban J connectivity index is 0. The van der Waals surface area contributed by atoms with E-state index in [1.165, 1.54) is 5.56 Å². The van der Waals surface area contributed by atoms with Gasteiger partial charge in [-0.15, -0.1) is 0 Å². The van der Waals surface area contributed by atoms with Crippen molar-refractivity contribution in [1.29, 1.82) is 0 Å². The van der Waals surface area contributed by atoms with E-state index >= 15 is 0 Å². The van der Waals surface area contributed by atoms with E-state index in [1.54, 1.807) is 0 Å². The van der Waals surface area contributed by atoms with Crippen LogP contribution >= 0.6 is 0 Å². The van der Waals surface area contributed by atoms with E-state index in [4.69, 9.17) is 0 Å². The van der Waals surface area contributed by atoms with Gasteiger partial charge in [-0.25, -0.2) is 13.2 Å². The Morgan fingerprint density at radius 3 is 1.26 bits per heavy atom. The van der Waals surface area contributed by atoms with Crippen LogP contribution in [0.5, 0.6) is 0 Å². The van der Waals surface area contributed by atoms with Crippen molar-refractivity contribution >= 4 is 0 Å². The lowest BCUT2D eigenvalue weighted by Gasteiger charge is -2.39. The number of halogens is 9. The minimum absolute atomic E-state index is 0.990. The van der Waals surface area contributed by atoms with Gasteiger partial charge in [-0.1, -0.05) is 44.2 Å². The van der Waals surface area contributed by atoms with Gasteiger partial charge in [0, 0.05) is 5.56 Å². The molecular weight excluding hydrogens is 393 g/mol. The number of nitrogens with zero attached hydrogens (tertiary/aromatic N) is 1. The van der Waals surface area contributed by atoms with Crippen LogP contribution in [-0.2, 0) is 6.54 Å². The van der Waals surface area contributed by atoms with Crippen molar-refractivity contribution in [3.63, 3.8) is 0 Å². The van der Waals surface area contributed by atoms with Crippen LogP contribution in [-0.4, -0.2) is 49.8 Å². The van der Waals surface area contributed by atoms with Gasteiger partial charge in [0.2, 0.25) is 6.11 Å². The molecule has 0 unspecified atom stereocenters. The van der Waals surface area contributed by atoms with Crippen LogP contribution in [0, 0.1) is 0 Å². The summed E-state index contributed by atoms with van der Waals surface area (Å²) in [5.74, 6) is 0. The lowest BCUT2D eigenvalue weighted by molar-refractivity contribution is -0.884. The summed E-state index contributed by atoms with van der Waals surface area (Å²) in [5.41, 5.74) is -5.67. The second-order valence-corrected chi connectivity index (χ2v) is 6.10. The first-order valence-corrected chi connectivity index (χ1v) is 7.58. The third-order valence-corrected chi connectivity index (χ3v) is 2.68. The molecule has 0 saturated carbocycles. The van der Waals surface area contributed by atoms with Crippen molar-refractivity contribution in [1.82, 2.24) is 0 Å². The molecule has 0 spiro atoms. The zero-order valence-electron chi connectivity index (χ0n) is 15.4. The number of rotatable bonds is 3. The first-order valence-electron chi connectivity index (χ1n) is 7.58. The number of hydrogen-bond donors (Lipinski definition) is 0. The van der Waals surface area contributed by atoms with E-state index in [-0.39, 0.29) is 0 Å². The quantitative estimate of drug-likeness (QED) is 0.519. The lowest BCUT2D eigenvalue weighted by atomic mass is 10.0. The molecule has 0 amide bonds. The lowest BCUT2D eigenvalue weighted by Crippen LogP contribution is -2.69. The predicted molar refractivity (Wildman–Crippen MR) is 80.4 cm³/mol. The number of hydrogen-bond acceptors (Lipinski definition) is 1. The summed E-state index contributed by atoms with van der Waals surface area (Å²) in [6.45, 7) is 5.10. The van der Waals surface area contributed by atoms with E-state index in [9.17, 15) is 44.6 Å². The van der Waals surface area contributed by atoms with Crippen molar-refractivity contribution in [2.75, 3.05) is 21.1 Å². The van der Waals surface area contributed by atoms with Gasteiger partial charge in [-0.05, 0) is 0 Å². The maximum Gasteiger partial charge on any atom is 0.436 e. The second kappa shape index (κ2) is 9.63. The molecule has 0 aromatic heterocycles. The molecule has 11 heteroatoms. The van der Waals surface area contributed by atoms with Crippen LogP contribution in [0.3, 0.4) is 0 Å². The molecule has 0 bridgehead atoms. The van der Waals surface area contributed by atoms with Crippen molar-refractivity contribution in [2.24, 2.45) is 0 Å². The van der Waals surface area contributed by atoms with Gasteiger partial charge >= 0.3 is 18.0 Å². The molecule has 1 aromatic rings. The molecule has 0 atom stereocenters. The van der Waals surface area contributed by atoms with Crippen LogP contribution in [0.2, 0.25) is 0 Å². The largest absolute Gasteiger partial charge is 0.795 e. The third kappa shape index (κ3) is 8.37. The molecule has 0 heterocycles. The molecule has 2 nitrogen and oxygen atoms in total. The predicted octanol–water partition coefficient (Wildman–Crippen LogP) is 4.69. The average molecular weight is 415 g/mol. The highest BCUT2D eigenvalue weighted by Gasteiger charge is 2.80. The highest BCUT2D eigenvalue weighted by molar-refractivity contribution is 5.13. The summed E-state index contributed by atoms with van der Waals surface area (Å²) in [7, 11) is 6.60. The molecule has 0 aliphatic carbocycles. The Morgan fingerprint density at radius 1 is 0.741 bits per heavy atom. The van der Waals surface area contributed by atoms with Crippen LogP contribution in [0.15, 0.2) is 30.3 Å². The maximum atomic E-state index is 12.0. The van der Waals surface area contributed by atoms with Crippen molar-refractivity contribution < 1.29 is 49.1 Å². The molecule has 0 saturated heterocycles. The van der Waals surface area contributed by atoms with Crippen molar-refractivity contribution in [3.8, 4) is 0 Å². The summed E-state index contributed by atoms with van der Waals surface area (Å²) in [5, 5.41) is 9.27.